The third-order valence-electron chi connectivity index (χ3n) is 3.32. The van der Waals surface area contributed by atoms with E-state index in [4.69, 9.17) is 5.11 Å². The number of rotatable bonds is 5. The van der Waals surface area contributed by atoms with Crippen molar-refractivity contribution in [2.75, 3.05) is 6.54 Å². The van der Waals surface area contributed by atoms with Gasteiger partial charge in [-0.3, -0.25) is 4.79 Å². The lowest BCUT2D eigenvalue weighted by molar-refractivity contribution is -0.137. The van der Waals surface area contributed by atoms with Crippen molar-refractivity contribution in [2.45, 2.75) is 58.0 Å². The largest absolute Gasteiger partial charge is 0.481 e. The maximum Gasteiger partial charge on any atom is 0.318 e. The van der Waals surface area contributed by atoms with E-state index in [1.807, 2.05) is 20.8 Å². The lowest BCUT2D eigenvalue weighted by Crippen LogP contribution is -2.56. The minimum absolute atomic E-state index is 0.0116. The van der Waals surface area contributed by atoms with Gasteiger partial charge in [-0.25, -0.2) is 4.79 Å². The van der Waals surface area contributed by atoms with E-state index >= 15 is 0 Å². The molecule has 0 saturated heterocycles. The molecule has 2 amide bonds. The fraction of sp³-hybridized carbons (Fsp3) is 0.833. The van der Waals surface area contributed by atoms with Gasteiger partial charge in [-0.1, -0.05) is 0 Å². The number of nitrogens with one attached hydrogen (secondary N) is 1. The van der Waals surface area contributed by atoms with E-state index in [1.54, 1.807) is 4.90 Å². The molecule has 0 bridgehead atoms. The first-order valence-electron chi connectivity index (χ1n) is 6.15. The Bertz CT molecular complexity index is 298. The molecular formula is C12H22N2O3. The van der Waals surface area contributed by atoms with Crippen LogP contribution in [-0.2, 0) is 4.79 Å². The molecular weight excluding hydrogens is 220 g/mol. The Kier molecular flexibility index (Phi) is 4.37. The minimum atomic E-state index is -0.877. The summed E-state index contributed by atoms with van der Waals surface area (Å²) in [6, 6.07) is -0.138. The van der Waals surface area contributed by atoms with E-state index < -0.39 is 5.97 Å². The maximum absolute atomic E-state index is 12.0. The van der Waals surface area contributed by atoms with Crippen molar-refractivity contribution in [3.8, 4) is 0 Å². The van der Waals surface area contributed by atoms with Gasteiger partial charge in [0.05, 0.1) is 6.42 Å². The van der Waals surface area contributed by atoms with Crippen LogP contribution >= 0.6 is 0 Å². The van der Waals surface area contributed by atoms with Gasteiger partial charge in [0.25, 0.3) is 0 Å². The molecule has 5 heteroatoms. The van der Waals surface area contributed by atoms with E-state index in [1.165, 1.54) is 0 Å². The van der Waals surface area contributed by atoms with Gasteiger partial charge in [0.2, 0.25) is 0 Å². The molecule has 17 heavy (non-hydrogen) atoms. The number of aliphatic carboxylic acids is 1. The van der Waals surface area contributed by atoms with Crippen LogP contribution in [0, 0.1) is 0 Å². The molecule has 0 spiro atoms. The van der Waals surface area contributed by atoms with Gasteiger partial charge >= 0.3 is 12.0 Å². The van der Waals surface area contributed by atoms with Crippen LogP contribution in [0.3, 0.4) is 0 Å². The monoisotopic (exact) mass is 242 g/mol. The van der Waals surface area contributed by atoms with Crippen LogP contribution in [-0.4, -0.2) is 40.1 Å². The number of hydrogen-bond acceptors (Lipinski definition) is 2. The number of carbonyl (C=O) groups excluding carboxylic acids is 1. The van der Waals surface area contributed by atoms with Crippen LogP contribution < -0.4 is 5.32 Å². The van der Waals surface area contributed by atoms with E-state index in [-0.39, 0.29) is 30.6 Å². The maximum atomic E-state index is 12.0. The van der Waals surface area contributed by atoms with Gasteiger partial charge < -0.3 is 15.3 Å². The van der Waals surface area contributed by atoms with Gasteiger partial charge in [0.1, 0.15) is 0 Å². The highest BCUT2D eigenvalue weighted by molar-refractivity contribution is 5.76. The summed E-state index contributed by atoms with van der Waals surface area (Å²) in [5.74, 6) is -0.877. The molecule has 1 saturated carbocycles. The lowest BCUT2D eigenvalue weighted by atomic mass is 9.79. The van der Waals surface area contributed by atoms with Crippen LogP contribution in [0.5, 0.6) is 0 Å². The molecule has 2 N–H and O–H groups in total. The highest BCUT2D eigenvalue weighted by Crippen LogP contribution is 2.31. The van der Waals surface area contributed by atoms with Gasteiger partial charge in [-0.05, 0) is 40.0 Å². The van der Waals surface area contributed by atoms with E-state index in [0.717, 1.165) is 19.3 Å². The standard InChI is InChI=1S/C12H22N2O3/c1-9(2)14(8-5-10(15)16)11(17)13-12(3)6-4-7-12/h9H,4-8H2,1-3H3,(H,13,17)(H,15,16). The first kappa shape index (κ1) is 13.8. The molecule has 0 aliphatic heterocycles. The smallest absolute Gasteiger partial charge is 0.318 e. The number of carboxylic acids is 1. The van der Waals surface area contributed by atoms with Gasteiger partial charge in [-0.15, -0.1) is 0 Å². The first-order chi connectivity index (χ1) is 7.84. The topological polar surface area (TPSA) is 69.6 Å². The minimum Gasteiger partial charge on any atom is -0.481 e. The van der Waals surface area contributed by atoms with Crippen molar-refractivity contribution < 1.29 is 14.7 Å². The summed E-state index contributed by atoms with van der Waals surface area (Å²) >= 11 is 0. The second-order valence-corrected chi connectivity index (χ2v) is 5.28. The van der Waals surface area contributed by atoms with E-state index in [9.17, 15) is 9.59 Å². The molecule has 1 aliphatic rings. The number of amides is 2. The van der Waals surface area contributed by atoms with Crippen LogP contribution in [0.4, 0.5) is 4.79 Å². The fourth-order valence-electron chi connectivity index (χ4n) is 1.97. The molecule has 0 aromatic rings. The third kappa shape index (κ3) is 3.91. The average molecular weight is 242 g/mol. The molecule has 0 unspecified atom stereocenters. The van der Waals surface area contributed by atoms with Crippen molar-refractivity contribution in [1.82, 2.24) is 10.2 Å². The van der Waals surface area contributed by atoms with E-state index in [2.05, 4.69) is 5.32 Å². The first-order valence-corrected chi connectivity index (χ1v) is 6.15. The Hall–Kier alpha value is -1.26. The summed E-state index contributed by atoms with van der Waals surface area (Å²) in [5, 5.41) is 11.6. The van der Waals surface area contributed by atoms with Gasteiger partial charge in [-0.2, -0.15) is 0 Å². The molecule has 0 aromatic heterocycles. The normalized spacial score (nSPS) is 17.4. The molecule has 1 rings (SSSR count). The van der Waals surface area contributed by atoms with Crippen molar-refractivity contribution >= 4 is 12.0 Å². The number of urea groups is 1. The summed E-state index contributed by atoms with van der Waals surface area (Å²) in [7, 11) is 0. The lowest BCUT2D eigenvalue weighted by Gasteiger charge is -2.41. The van der Waals surface area contributed by atoms with Gasteiger partial charge in [0, 0.05) is 18.1 Å². The molecule has 0 aromatic carbocycles. The highest BCUT2D eigenvalue weighted by Gasteiger charge is 2.34. The molecule has 0 atom stereocenters. The summed E-state index contributed by atoms with van der Waals surface area (Å²) in [4.78, 5) is 24.2. The predicted molar refractivity (Wildman–Crippen MR) is 64.9 cm³/mol. The Labute approximate surface area is 102 Å². The van der Waals surface area contributed by atoms with E-state index in [0.29, 0.717) is 0 Å². The average Bonchev–Trinajstić information content (AvgIpc) is 2.14. The fourth-order valence-corrected chi connectivity index (χ4v) is 1.97. The zero-order valence-corrected chi connectivity index (χ0v) is 10.8. The molecule has 98 valence electrons. The summed E-state index contributed by atoms with van der Waals surface area (Å²) in [6.45, 7) is 6.08. The zero-order valence-electron chi connectivity index (χ0n) is 10.8. The van der Waals surface area contributed by atoms with Gasteiger partial charge in [0.15, 0.2) is 0 Å². The Balaban J connectivity index is 2.51. The number of nitrogens with zero attached hydrogens (tertiary/aromatic N) is 1. The number of carbonyl (C=O) groups is 2. The van der Waals surface area contributed by atoms with Crippen LogP contribution in [0.1, 0.15) is 46.5 Å². The summed E-state index contributed by atoms with van der Waals surface area (Å²) in [6.07, 6.45) is 3.14. The Morgan fingerprint density at radius 1 is 1.41 bits per heavy atom. The van der Waals surface area contributed by atoms with Crippen LogP contribution in [0.15, 0.2) is 0 Å². The molecule has 0 radical (unpaired) electrons. The quantitative estimate of drug-likeness (QED) is 0.772. The van der Waals surface area contributed by atoms with Crippen molar-refractivity contribution in [3.05, 3.63) is 0 Å². The van der Waals surface area contributed by atoms with Crippen molar-refractivity contribution in [2.24, 2.45) is 0 Å². The van der Waals surface area contributed by atoms with Crippen molar-refractivity contribution in [1.29, 1.82) is 0 Å². The highest BCUT2D eigenvalue weighted by atomic mass is 16.4. The Morgan fingerprint density at radius 2 is 2.00 bits per heavy atom. The van der Waals surface area contributed by atoms with Crippen LogP contribution in [0.25, 0.3) is 0 Å². The second-order valence-electron chi connectivity index (χ2n) is 5.28. The zero-order chi connectivity index (χ0) is 13.1. The number of hydrogen-bond donors (Lipinski definition) is 2. The number of carboxylic acid groups (broad SMARTS) is 1. The predicted octanol–water partition coefficient (Wildman–Crippen LogP) is 1.82. The second kappa shape index (κ2) is 5.38. The summed E-state index contributed by atoms with van der Waals surface area (Å²) in [5.41, 5.74) is -0.0898. The molecule has 1 fully saturated rings. The molecule has 5 nitrogen and oxygen atoms in total. The third-order valence-corrected chi connectivity index (χ3v) is 3.32. The van der Waals surface area contributed by atoms with Crippen molar-refractivity contribution in [3.63, 3.8) is 0 Å². The Morgan fingerprint density at radius 3 is 2.35 bits per heavy atom. The molecule has 0 heterocycles. The van der Waals surface area contributed by atoms with Crippen LogP contribution in [0.2, 0.25) is 0 Å². The summed E-state index contributed by atoms with van der Waals surface area (Å²) < 4.78 is 0. The SMILES string of the molecule is CC(C)N(CCC(=O)O)C(=O)NC1(C)CCC1. The molecule has 1 aliphatic carbocycles.